The molecule has 1 unspecified atom stereocenters. The van der Waals surface area contributed by atoms with Crippen LogP contribution < -0.4 is 5.32 Å². The number of rotatable bonds is 5. The molecule has 2 aromatic rings. The first-order chi connectivity index (χ1) is 10.2. The van der Waals surface area contributed by atoms with Gasteiger partial charge in [0, 0.05) is 10.9 Å². The first-order valence-corrected chi connectivity index (χ1v) is 8.18. The maximum absolute atomic E-state index is 11.6. The Kier molecular flexibility index (Phi) is 4.05. The lowest BCUT2D eigenvalue weighted by molar-refractivity contribution is -0.143. The van der Waals surface area contributed by atoms with Gasteiger partial charge in [0.2, 0.25) is 0 Å². The van der Waals surface area contributed by atoms with E-state index in [0.717, 1.165) is 28.9 Å². The van der Waals surface area contributed by atoms with Crippen LogP contribution in [0.2, 0.25) is 0 Å². The Balaban J connectivity index is 1.82. The quantitative estimate of drug-likeness (QED) is 0.860. The summed E-state index contributed by atoms with van der Waals surface area (Å²) in [6.07, 6.45) is 5.39. The average Bonchev–Trinajstić information content (AvgIpc) is 2.98. The minimum Gasteiger partial charge on any atom is -0.466 e. The Hall–Kier alpha value is -1.69. The minimum absolute atomic E-state index is 0.0147. The molecule has 1 N–H and O–H groups in total. The second-order valence-electron chi connectivity index (χ2n) is 5.31. The maximum atomic E-state index is 11.6. The number of nitrogens with one attached hydrogen (secondary N) is 1. The highest BCUT2D eigenvalue weighted by molar-refractivity contribution is 7.19. The van der Waals surface area contributed by atoms with Crippen molar-refractivity contribution in [1.29, 1.82) is 0 Å². The first kappa shape index (κ1) is 14.3. The molecule has 0 bridgehead atoms. The van der Waals surface area contributed by atoms with Gasteiger partial charge in [-0.25, -0.2) is 9.97 Å². The number of aromatic nitrogens is 2. The van der Waals surface area contributed by atoms with E-state index >= 15 is 0 Å². The lowest BCUT2D eigenvalue weighted by Gasteiger charge is -2.14. The zero-order valence-corrected chi connectivity index (χ0v) is 13.1. The van der Waals surface area contributed by atoms with Crippen molar-refractivity contribution in [2.45, 2.75) is 45.6 Å². The van der Waals surface area contributed by atoms with E-state index in [1.54, 1.807) is 17.7 Å². The van der Waals surface area contributed by atoms with Gasteiger partial charge in [0.05, 0.1) is 18.4 Å². The smallest absolute Gasteiger partial charge is 0.307 e. The molecule has 0 aliphatic heterocycles. The second-order valence-corrected chi connectivity index (χ2v) is 6.40. The molecule has 5 nitrogen and oxygen atoms in total. The molecule has 0 aromatic carbocycles. The number of anilines is 1. The van der Waals surface area contributed by atoms with E-state index in [-0.39, 0.29) is 12.0 Å². The highest BCUT2D eigenvalue weighted by Crippen LogP contribution is 2.39. The van der Waals surface area contributed by atoms with Gasteiger partial charge in [0.1, 0.15) is 17.0 Å². The molecule has 2 aromatic heterocycles. The van der Waals surface area contributed by atoms with Crippen molar-refractivity contribution in [2.24, 2.45) is 0 Å². The number of carbonyl (C=O) groups excluding carboxylic acids is 1. The summed E-state index contributed by atoms with van der Waals surface area (Å²) in [6, 6.07) is -0.0147. The Morgan fingerprint density at radius 3 is 3.14 bits per heavy atom. The normalized spacial score (nSPS) is 15.0. The predicted octanol–water partition coefficient (Wildman–Crippen LogP) is 2.93. The van der Waals surface area contributed by atoms with Gasteiger partial charge >= 0.3 is 5.97 Å². The van der Waals surface area contributed by atoms with Crippen LogP contribution in [0.5, 0.6) is 0 Å². The summed E-state index contributed by atoms with van der Waals surface area (Å²) >= 11 is 1.77. The van der Waals surface area contributed by atoms with Crippen molar-refractivity contribution in [3.63, 3.8) is 0 Å². The molecule has 21 heavy (non-hydrogen) atoms. The van der Waals surface area contributed by atoms with Gasteiger partial charge < -0.3 is 10.1 Å². The van der Waals surface area contributed by atoms with Crippen LogP contribution in [0.1, 0.15) is 37.1 Å². The lowest BCUT2D eigenvalue weighted by Crippen LogP contribution is -2.21. The van der Waals surface area contributed by atoms with Crippen molar-refractivity contribution in [3.05, 3.63) is 16.8 Å². The Labute approximate surface area is 127 Å². The standard InChI is InChI=1S/C15H19N3O2S/c1-3-20-12(19)7-9(2)18-14-13-10-5-4-6-11(10)21-15(13)17-8-16-14/h8-9H,3-7H2,1-2H3,(H,16,17,18). The van der Waals surface area contributed by atoms with Crippen molar-refractivity contribution in [3.8, 4) is 0 Å². The first-order valence-electron chi connectivity index (χ1n) is 7.36. The number of hydrogen-bond donors (Lipinski definition) is 1. The van der Waals surface area contributed by atoms with Crippen LogP contribution in [0.15, 0.2) is 6.33 Å². The summed E-state index contributed by atoms with van der Waals surface area (Å²) in [6.45, 7) is 4.21. The number of thiophene rings is 1. The molecular formula is C15H19N3O2S. The molecule has 0 radical (unpaired) electrons. The van der Waals surface area contributed by atoms with Crippen LogP contribution in [0.25, 0.3) is 10.2 Å². The largest absolute Gasteiger partial charge is 0.466 e. The van der Waals surface area contributed by atoms with E-state index in [0.29, 0.717) is 13.0 Å². The van der Waals surface area contributed by atoms with E-state index in [4.69, 9.17) is 4.74 Å². The van der Waals surface area contributed by atoms with E-state index in [1.807, 2.05) is 13.8 Å². The molecule has 2 heterocycles. The zero-order chi connectivity index (χ0) is 14.8. The Morgan fingerprint density at radius 2 is 2.33 bits per heavy atom. The number of aryl methyl sites for hydroxylation is 2. The molecule has 1 atom stereocenters. The highest BCUT2D eigenvalue weighted by atomic mass is 32.1. The number of hydrogen-bond acceptors (Lipinski definition) is 6. The summed E-state index contributed by atoms with van der Waals surface area (Å²) in [5, 5.41) is 4.49. The minimum atomic E-state index is -0.182. The van der Waals surface area contributed by atoms with E-state index in [2.05, 4.69) is 15.3 Å². The fraction of sp³-hybridized carbons (Fsp3) is 0.533. The summed E-state index contributed by atoms with van der Waals surface area (Å²) in [5.41, 5.74) is 1.39. The lowest BCUT2D eigenvalue weighted by atomic mass is 10.1. The van der Waals surface area contributed by atoms with Crippen LogP contribution in [0, 0.1) is 0 Å². The third-order valence-corrected chi connectivity index (χ3v) is 4.86. The molecular weight excluding hydrogens is 286 g/mol. The van der Waals surface area contributed by atoms with E-state index in [1.165, 1.54) is 16.9 Å². The van der Waals surface area contributed by atoms with E-state index < -0.39 is 0 Å². The fourth-order valence-electron chi connectivity index (χ4n) is 2.79. The van der Waals surface area contributed by atoms with Crippen LogP contribution in [0.3, 0.4) is 0 Å². The molecule has 3 rings (SSSR count). The summed E-state index contributed by atoms with van der Waals surface area (Å²) < 4.78 is 4.99. The summed E-state index contributed by atoms with van der Waals surface area (Å²) in [4.78, 5) is 22.8. The van der Waals surface area contributed by atoms with Crippen molar-refractivity contribution in [2.75, 3.05) is 11.9 Å². The molecule has 6 heteroatoms. The van der Waals surface area contributed by atoms with Crippen LogP contribution in [0.4, 0.5) is 5.82 Å². The molecule has 0 saturated carbocycles. The van der Waals surface area contributed by atoms with Crippen molar-refractivity contribution >= 4 is 33.3 Å². The van der Waals surface area contributed by atoms with Gasteiger partial charge in [0.25, 0.3) is 0 Å². The third-order valence-electron chi connectivity index (χ3n) is 3.66. The van der Waals surface area contributed by atoms with Crippen molar-refractivity contribution < 1.29 is 9.53 Å². The Bertz CT molecular complexity index is 668. The van der Waals surface area contributed by atoms with Crippen LogP contribution >= 0.6 is 11.3 Å². The van der Waals surface area contributed by atoms with Gasteiger partial charge in [-0.15, -0.1) is 11.3 Å². The third kappa shape index (κ3) is 2.85. The number of fused-ring (bicyclic) bond motifs is 3. The van der Waals surface area contributed by atoms with Gasteiger partial charge in [-0.1, -0.05) is 0 Å². The molecule has 0 amide bonds. The zero-order valence-electron chi connectivity index (χ0n) is 12.3. The second kappa shape index (κ2) is 5.97. The number of esters is 1. The van der Waals surface area contributed by atoms with Crippen LogP contribution in [-0.2, 0) is 22.4 Å². The van der Waals surface area contributed by atoms with Gasteiger partial charge in [-0.3, -0.25) is 4.79 Å². The molecule has 1 aliphatic carbocycles. The van der Waals surface area contributed by atoms with Crippen LogP contribution in [-0.4, -0.2) is 28.6 Å². The molecule has 112 valence electrons. The van der Waals surface area contributed by atoms with Gasteiger partial charge in [-0.05, 0) is 38.7 Å². The monoisotopic (exact) mass is 305 g/mol. The molecule has 0 saturated heterocycles. The molecule has 0 fully saturated rings. The summed E-state index contributed by atoms with van der Waals surface area (Å²) in [5.74, 6) is 0.662. The number of carbonyl (C=O) groups is 1. The molecule has 0 spiro atoms. The fourth-order valence-corrected chi connectivity index (χ4v) is 4.02. The van der Waals surface area contributed by atoms with Crippen molar-refractivity contribution in [1.82, 2.24) is 9.97 Å². The van der Waals surface area contributed by atoms with Gasteiger partial charge in [-0.2, -0.15) is 0 Å². The predicted molar refractivity (Wildman–Crippen MR) is 83.8 cm³/mol. The molecule has 1 aliphatic rings. The SMILES string of the molecule is CCOC(=O)CC(C)Nc1ncnc2sc3c(c12)CCC3. The Morgan fingerprint density at radius 1 is 1.48 bits per heavy atom. The number of nitrogens with zero attached hydrogens (tertiary/aromatic N) is 2. The van der Waals surface area contributed by atoms with Gasteiger partial charge in [0.15, 0.2) is 0 Å². The summed E-state index contributed by atoms with van der Waals surface area (Å²) in [7, 11) is 0. The average molecular weight is 305 g/mol. The van der Waals surface area contributed by atoms with E-state index in [9.17, 15) is 4.79 Å². The number of ether oxygens (including phenoxy) is 1. The highest BCUT2D eigenvalue weighted by Gasteiger charge is 2.22. The topological polar surface area (TPSA) is 64.1 Å². The maximum Gasteiger partial charge on any atom is 0.307 e.